The van der Waals surface area contributed by atoms with Crippen LogP contribution in [0.4, 0.5) is 0 Å². The highest BCUT2D eigenvalue weighted by molar-refractivity contribution is 14.1. The predicted octanol–water partition coefficient (Wildman–Crippen LogP) is 4.14. The average Bonchev–Trinajstić information content (AvgIpc) is 3.43. The Bertz CT molecular complexity index is 1190. The number of hydrogen-bond donors (Lipinski definition) is 3. The Morgan fingerprint density at radius 2 is 1.95 bits per heavy atom. The number of rotatable bonds is 12. The molecule has 3 N–H and O–H groups in total. The van der Waals surface area contributed by atoms with Crippen molar-refractivity contribution in [3.63, 3.8) is 0 Å². The first-order chi connectivity index (χ1) is 18.7. The summed E-state index contributed by atoms with van der Waals surface area (Å²) in [5.74, 6) is -1.80. The molecule has 0 radical (unpaired) electrons. The van der Waals surface area contributed by atoms with Gasteiger partial charge < -0.3 is 24.8 Å². The topological polar surface area (TPSA) is 134 Å². The van der Waals surface area contributed by atoms with E-state index in [1.807, 2.05) is 19.1 Å². The standard InChI is InChI=1S/C29H36INO8/c1-16(10-17-11-21(30)27(35)23(12-17)38-2)7-8-22-25-18(14-32)13-19-26(20(25)15-39-22)29(37)31(28(19)36)9-5-3-4-6-24(33)34/h10-12,19-20,22,26,32,35H,3-9,13-15H2,1-2H3,(H,33,34)/b16-10+/t19-,20+,22-,26-/m1/s1. The van der Waals surface area contributed by atoms with Crippen molar-refractivity contribution in [3.8, 4) is 11.5 Å². The molecule has 0 bridgehead atoms. The van der Waals surface area contributed by atoms with E-state index >= 15 is 0 Å². The summed E-state index contributed by atoms with van der Waals surface area (Å²) in [6.45, 7) is 2.53. The molecule has 2 aliphatic heterocycles. The second-order valence-electron chi connectivity index (χ2n) is 10.6. The zero-order valence-corrected chi connectivity index (χ0v) is 24.5. The number of hydrogen-bond acceptors (Lipinski definition) is 7. The Morgan fingerprint density at radius 1 is 1.18 bits per heavy atom. The van der Waals surface area contributed by atoms with Crippen molar-refractivity contribution < 1.29 is 39.2 Å². The number of unbranched alkanes of at least 4 members (excludes halogenated alkanes) is 2. The van der Waals surface area contributed by atoms with Crippen LogP contribution in [0.1, 0.15) is 57.4 Å². The van der Waals surface area contributed by atoms with E-state index < -0.39 is 17.8 Å². The second kappa shape index (κ2) is 12.8. The van der Waals surface area contributed by atoms with E-state index in [1.165, 1.54) is 12.0 Å². The highest BCUT2D eigenvalue weighted by Crippen LogP contribution is 2.49. The summed E-state index contributed by atoms with van der Waals surface area (Å²) < 4.78 is 12.1. The van der Waals surface area contributed by atoms with Crippen molar-refractivity contribution in [3.05, 3.63) is 38.0 Å². The zero-order chi connectivity index (χ0) is 28.3. The zero-order valence-electron chi connectivity index (χ0n) is 22.3. The lowest BCUT2D eigenvalue weighted by Crippen LogP contribution is -2.35. The monoisotopic (exact) mass is 653 g/mol. The fourth-order valence-corrected chi connectivity index (χ4v) is 6.80. The Morgan fingerprint density at radius 3 is 2.64 bits per heavy atom. The number of aromatic hydroxyl groups is 1. The van der Waals surface area contributed by atoms with E-state index in [4.69, 9.17) is 14.6 Å². The van der Waals surface area contributed by atoms with Gasteiger partial charge in [-0.1, -0.05) is 18.1 Å². The Balaban J connectivity index is 1.42. The summed E-state index contributed by atoms with van der Waals surface area (Å²) in [6.07, 6.45) is 5.45. The number of benzene rings is 1. The minimum Gasteiger partial charge on any atom is -0.504 e. The summed E-state index contributed by atoms with van der Waals surface area (Å²) in [5, 5.41) is 29.1. The molecule has 1 aliphatic carbocycles. The van der Waals surface area contributed by atoms with Gasteiger partial charge in [0.1, 0.15) is 0 Å². The first-order valence-corrected chi connectivity index (χ1v) is 14.5. The molecule has 2 amide bonds. The van der Waals surface area contributed by atoms with Gasteiger partial charge in [-0.05, 0) is 90.5 Å². The summed E-state index contributed by atoms with van der Waals surface area (Å²) in [7, 11) is 1.52. The van der Waals surface area contributed by atoms with Crippen molar-refractivity contribution in [1.82, 2.24) is 4.90 Å². The number of aliphatic hydroxyl groups is 1. The van der Waals surface area contributed by atoms with Gasteiger partial charge in [0.2, 0.25) is 11.8 Å². The summed E-state index contributed by atoms with van der Waals surface area (Å²) in [4.78, 5) is 38.6. The summed E-state index contributed by atoms with van der Waals surface area (Å²) in [5.41, 5.74) is 3.83. The number of carbonyl (C=O) groups is 3. The van der Waals surface area contributed by atoms with Gasteiger partial charge in [-0.15, -0.1) is 0 Å². The number of aliphatic hydroxyl groups excluding tert-OH is 1. The number of fused-ring (bicyclic) bond motifs is 3. The van der Waals surface area contributed by atoms with Gasteiger partial charge in [0, 0.05) is 18.9 Å². The van der Waals surface area contributed by atoms with Crippen LogP contribution in [0.5, 0.6) is 11.5 Å². The number of allylic oxidation sites excluding steroid dienone is 1. The van der Waals surface area contributed by atoms with Crippen molar-refractivity contribution in [2.24, 2.45) is 17.8 Å². The fourth-order valence-electron chi connectivity index (χ4n) is 6.18. The van der Waals surface area contributed by atoms with Crippen LogP contribution in [0.2, 0.25) is 0 Å². The maximum Gasteiger partial charge on any atom is 0.303 e. The molecule has 0 saturated carbocycles. The second-order valence-corrected chi connectivity index (χ2v) is 11.8. The molecule has 0 spiro atoms. The van der Waals surface area contributed by atoms with E-state index in [-0.39, 0.29) is 42.6 Å². The number of phenolic OH excluding ortho intramolecular Hbond substituents is 1. The van der Waals surface area contributed by atoms with E-state index in [1.54, 1.807) is 6.07 Å². The number of imide groups is 1. The van der Waals surface area contributed by atoms with E-state index in [0.29, 0.717) is 54.6 Å². The van der Waals surface area contributed by atoms with Crippen molar-refractivity contribution in [2.45, 2.75) is 58.0 Å². The number of carbonyl (C=O) groups excluding carboxylic acids is 2. The van der Waals surface area contributed by atoms with Crippen LogP contribution in [0, 0.1) is 21.3 Å². The first-order valence-electron chi connectivity index (χ1n) is 13.4. The minimum absolute atomic E-state index is 0.0815. The third kappa shape index (κ3) is 6.33. The van der Waals surface area contributed by atoms with Gasteiger partial charge >= 0.3 is 5.97 Å². The van der Waals surface area contributed by atoms with Gasteiger partial charge in [-0.2, -0.15) is 0 Å². The van der Waals surface area contributed by atoms with Gasteiger partial charge in [0.05, 0.1) is 41.8 Å². The van der Waals surface area contributed by atoms with Crippen LogP contribution in [-0.4, -0.2) is 71.0 Å². The molecule has 1 aromatic rings. The van der Waals surface area contributed by atoms with Crippen molar-refractivity contribution >= 4 is 46.5 Å². The number of nitrogens with zero attached hydrogens (tertiary/aromatic N) is 1. The molecule has 4 rings (SSSR count). The summed E-state index contributed by atoms with van der Waals surface area (Å²) >= 11 is 2.07. The maximum absolute atomic E-state index is 13.4. The van der Waals surface area contributed by atoms with Crippen LogP contribution in [-0.2, 0) is 19.1 Å². The fraction of sp³-hybridized carbons (Fsp3) is 0.552. The van der Waals surface area contributed by atoms with Gasteiger partial charge in [0.15, 0.2) is 11.5 Å². The normalized spacial score (nSPS) is 24.8. The third-order valence-corrected chi connectivity index (χ3v) is 8.87. The first kappa shape index (κ1) is 29.5. The number of likely N-dealkylation sites (tertiary alicyclic amines) is 1. The third-order valence-electron chi connectivity index (χ3n) is 8.05. The Hall–Kier alpha value is -2.44. The highest BCUT2D eigenvalue weighted by Gasteiger charge is 2.56. The van der Waals surface area contributed by atoms with E-state index in [9.17, 15) is 24.6 Å². The number of ether oxygens (including phenoxy) is 2. The van der Waals surface area contributed by atoms with Crippen LogP contribution in [0.15, 0.2) is 28.9 Å². The van der Waals surface area contributed by atoms with Crippen LogP contribution in [0.3, 0.4) is 0 Å². The molecule has 39 heavy (non-hydrogen) atoms. The number of phenols is 1. The number of carboxylic acid groups (broad SMARTS) is 1. The molecular formula is C29H36INO8. The van der Waals surface area contributed by atoms with Gasteiger partial charge in [-0.3, -0.25) is 19.3 Å². The molecule has 2 saturated heterocycles. The molecule has 10 heteroatoms. The molecule has 4 atom stereocenters. The number of halogens is 1. The van der Waals surface area contributed by atoms with Gasteiger partial charge in [-0.25, -0.2) is 0 Å². The molecule has 212 valence electrons. The van der Waals surface area contributed by atoms with Crippen LogP contribution in [0.25, 0.3) is 6.08 Å². The van der Waals surface area contributed by atoms with Crippen molar-refractivity contribution in [1.29, 1.82) is 0 Å². The Labute approximate surface area is 242 Å². The molecule has 3 aliphatic rings. The molecule has 0 unspecified atom stereocenters. The smallest absolute Gasteiger partial charge is 0.303 e. The number of methoxy groups -OCH3 is 1. The molecule has 2 heterocycles. The lowest BCUT2D eigenvalue weighted by Gasteiger charge is -2.31. The quantitative estimate of drug-likeness (QED) is 0.133. The molecular weight excluding hydrogens is 617 g/mol. The Kier molecular flexibility index (Phi) is 9.71. The lowest BCUT2D eigenvalue weighted by atomic mass is 9.69. The number of aliphatic carboxylic acids is 1. The summed E-state index contributed by atoms with van der Waals surface area (Å²) in [6, 6.07) is 3.68. The maximum atomic E-state index is 13.4. The van der Waals surface area contributed by atoms with Gasteiger partial charge in [0.25, 0.3) is 0 Å². The van der Waals surface area contributed by atoms with E-state index in [2.05, 4.69) is 22.6 Å². The molecule has 9 nitrogen and oxygen atoms in total. The SMILES string of the molecule is COc1cc(/C=C(\C)CC[C@H]2OC[C@H]3C2=C(CO)C[C@H]2C(=O)N(CCCCCC(=O)O)C(=O)[C@H]23)cc(I)c1O. The highest BCUT2D eigenvalue weighted by atomic mass is 127. The lowest BCUT2D eigenvalue weighted by molar-refractivity contribution is -0.141. The largest absolute Gasteiger partial charge is 0.504 e. The number of carboxylic acids is 1. The molecule has 0 aromatic heterocycles. The molecule has 1 aromatic carbocycles. The predicted molar refractivity (Wildman–Crippen MR) is 152 cm³/mol. The van der Waals surface area contributed by atoms with Crippen LogP contribution >= 0.6 is 22.6 Å². The average molecular weight is 654 g/mol. The number of amides is 2. The molecule has 2 fully saturated rings. The van der Waals surface area contributed by atoms with Crippen molar-refractivity contribution in [2.75, 3.05) is 26.9 Å². The van der Waals surface area contributed by atoms with E-state index in [0.717, 1.165) is 28.7 Å². The van der Waals surface area contributed by atoms with Crippen LogP contribution < -0.4 is 4.74 Å². The minimum atomic E-state index is -0.846.